The van der Waals surface area contributed by atoms with Crippen molar-refractivity contribution in [2.24, 2.45) is 0 Å². The summed E-state index contributed by atoms with van der Waals surface area (Å²) in [6.45, 7) is 3.76. The third kappa shape index (κ3) is 4.73. The minimum Gasteiger partial charge on any atom is -0.470 e. The van der Waals surface area contributed by atoms with Crippen LogP contribution in [-0.2, 0) is 0 Å². The van der Waals surface area contributed by atoms with Crippen LogP contribution in [0.1, 0.15) is 44.9 Å². The number of benzene rings is 2. The van der Waals surface area contributed by atoms with Gasteiger partial charge in [-0.2, -0.15) is 0 Å². The first-order valence-corrected chi connectivity index (χ1v) is 8.88. The first-order chi connectivity index (χ1) is 13.5. The number of nitrogens with zero attached hydrogens (tertiary/aromatic N) is 1. The van der Waals surface area contributed by atoms with Crippen LogP contribution in [0.3, 0.4) is 0 Å². The van der Waals surface area contributed by atoms with E-state index in [1.54, 1.807) is 24.3 Å². The number of amides is 2. The van der Waals surface area contributed by atoms with Crippen LogP contribution in [0.15, 0.2) is 72.9 Å². The summed E-state index contributed by atoms with van der Waals surface area (Å²) >= 11 is 0. The molecule has 0 aliphatic carbocycles. The number of ether oxygens (including phenoxy) is 1. The smallest absolute Gasteiger partial charge is 0.271 e. The Labute approximate surface area is 163 Å². The van der Waals surface area contributed by atoms with Crippen molar-refractivity contribution in [2.45, 2.75) is 20.0 Å². The summed E-state index contributed by atoms with van der Waals surface area (Å²) < 4.78 is 5.79. The van der Waals surface area contributed by atoms with Crippen molar-refractivity contribution >= 4 is 11.8 Å². The molecule has 0 radical (unpaired) electrons. The predicted octanol–water partition coefficient (Wildman–Crippen LogP) is 3.60. The fourth-order valence-corrected chi connectivity index (χ4v) is 2.64. The van der Waals surface area contributed by atoms with Crippen LogP contribution in [0.5, 0.6) is 5.88 Å². The van der Waals surface area contributed by atoms with E-state index in [0.29, 0.717) is 17.0 Å². The second-order valence-corrected chi connectivity index (χ2v) is 6.28. The van der Waals surface area contributed by atoms with Crippen LogP contribution in [0, 0.1) is 6.92 Å². The summed E-state index contributed by atoms with van der Waals surface area (Å²) in [4.78, 5) is 28.5. The summed E-state index contributed by atoms with van der Waals surface area (Å²) in [5.41, 5.74) is 7.47. The van der Waals surface area contributed by atoms with E-state index in [9.17, 15) is 9.59 Å². The van der Waals surface area contributed by atoms with Crippen molar-refractivity contribution in [1.29, 1.82) is 0 Å². The van der Waals surface area contributed by atoms with Gasteiger partial charge in [0.1, 0.15) is 6.10 Å². The van der Waals surface area contributed by atoms with Crippen LogP contribution in [0.2, 0.25) is 0 Å². The predicted molar refractivity (Wildman–Crippen MR) is 106 cm³/mol. The molecule has 0 spiro atoms. The Bertz CT molecular complexity index is 956. The molecule has 142 valence electrons. The summed E-state index contributed by atoms with van der Waals surface area (Å²) in [5, 5.41) is 0. The molecule has 0 saturated heterocycles. The van der Waals surface area contributed by atoms with Gasteiger partial charge in [-0.15, -0.1) is 0 Å². The number of aryl methyl sites for hydroxylation is 1. The molecule has 28 heavy (non-hydrogen) atoms. The molecule has 1 heterocycles. The number of rotatable bonds is 5. The standard InChI is InChI=1S/C22H21N3O3/c1-15-8-6-7-11-19(15)22(27)25-24-21(26)18-12-13-20(23-14-18)28-16(2)17-9-4-3-5-10-17/h3-14,16H,1-2H3,(H,24,26)(H,25,27)/t16-/m1/s1. The Balaban J connectivity index is 1.56. The maximum atomic E-state index is 12.2. The second-order valence-electron chi connectivity index (χ2n) is 6.28. The Kier molecular flexibility index (Phi) is 6.01. The summed E-state index contributed by atoms with van der Waals surface area (Å²) in [7, 11) is 0. The zero-order chi connectivity index (χ0) is 19.9. The first kappa shape index (κ1) is 19.1. The van der Waals surface area contributed by atoms with Crippen molar-refractivity contribution in [3.8, 4) is 5.88 Å². The molecule has 6 heteroatoms. The third-order valence-corrected chi connectivity index (χ3v) is 4.24. The Morgan fingerprint density at radius 2 is 1.57 bits per heavy atom. The average molecular weight is 375 g/mol. The maximum Gasteiger partial charge on any atom is 0.271 e. The van der Waals surface area contributed by atoms with Gasteiger partial charge in [-0.1, -0.05) is 48.5 Å². The lowest BCUT2D eigenvalue weighted by atomic mass is 10.1. The van der Waals surface area contributed by atoms with Gasteiger partial charge in [0, 0.05) is 17.8 Å². The lowest BCUT2D eigenvalue weighted by Crippen LogP contribution is -2.41. The van der Waals surface area contributed by atoms with Gasteiger partial charge in [0.05, 0.1) is 5.56 Å². The zero-order valence-electron chi connectivity index (χ0n) is 15.7. The number of hydrogen-bond acceptors (Lipinski definition) is 4. The van der Waals surface area contributed by atoms with E-state index in [-0.39, 0.29) is 12.0 Å². The molecule has 0 aliphatic rings. The zero-order valence-corrected chi connectivity index (χ0v) is 15.7. The van der Waals surface area contributed by atoms with Crippen LogP contribution in [-0.4, -0.2) is 16.8 Å². The molecule has 0 bridgehead atoms. The third-order valence-electron chi connectivity index (χ3n) is 4.24. The minimum absolute atomic E-state index is 0.165. The molecule has 1 aromatic heterocycles. The lowest BCUT2D eigenvalue weighted by Gasteiger charge is -2.14. The number of carbonyl (C=O) groups excluding carboxylic acids is 2. The van der Waals surface area contributed by atoms with E-state index in [1.807, 2.05) is 56.3 Å². The maximum absolute atomic E-state index is 12.2. The molecule has 0 aliphatic heterocycles. The highest BCUT2D eigenvalue weighted by molar-refractivity contribution is 5.99. The quantitative estimate of drug-likeness (QED) is 0.668. The summed E-state index contributed by atoms with van der Waals surface area (Å²) in [6.07, 6.45) is 1.24. The molecule has 2 N–H and O–H groups in total. The van der Waals surface area contributed by atoms with Gasteiger partial charge in [-0.25, -0.2) is 4.98 Å². The summed E-state index contributed by atoms with van der Waals surface area (Å²) in [6, 6.07) is 20.1. The number of pyridine rings is 1. The molecular formula is C22H21N3O3. The van der Waals surface area contributed by atoms with Gasteiger partial charge >= 0.3 is 0 Å². The summed E-state index contributed by atoms with van der Waals surface area (Å²) in [5.74, 6) is -0.426. The van der Waals surface area contributed by atoms with E-state index >= 15 is 0 Å². The SMILES string of the molecule is Cc1ccccc1C(=O)NNC(=O)c1ccc(O[C@H](C)c2ccccc2)nc1. The minimum atomic E-state index is -0.461. The number of aromatic nitrogens is 1. The molecule has 0 unspecified atom stereocenters. The van der Waals surface area contributed by atoms with E-state index in [0.717, 1.165) is 11.1 Å². The molecule has 1 atom stereocenters. The molecule has 3 aromatic rings. The van der Waals surface area contributed by atoms with Gasteiger partial charge < -0.3 is 4.74 Å². The molecule has 2 aromatic carbocycles. The largest absolute Gasteiger partial charge is 0.470 e. The Morgan fingerprint density at radius 3 is 2.25 bits per heavy atom. The van der Waals surface area contributed by atoms with Crippen LogP contribution < -0.4 is 15.6 Å². The number of carbonyl (C=O) groups is 2. The lowest BCUT2D eigenvalue weighted by molar-refractivity contribution is 0.0846. The van der Waals surface area contributed by atoms with Crippen molar-refractivity contribution in [2.75, 3.05) is 0 Å². The van der Waals surface area contributed by atoms with Crippen molar-refractivity contribution in [1.82, 2.24) is 15.8 Å². The molecule has 0 fully saturated rings. The molecule has 3 rings (SSSR count). The van der Waals surface area contributed by atoms with E-state index in [1.165, 1.54) is 6.20 Å². The van der Waals surface area contributed by atoms with Gasteiger partial charge in [0.2, 0.25) is 5.88 Å². The van der Waals surface area contributed by atoms with E-state index in [4.69, 9.17) is 4.74 Å². The van der Waals surface area contributed by atoms with Gasteiger partial charge in [-0.05, 0) is 37.1 Å². The van der Waals surface area contributed by atoms with E-state index in [2.05, 4.69) is 15.8 Å². The highest BCUT2D eigenvalue weighted by Crippen LogP contribution is 2.19. The van der Waals surface area contributed by atoms with Crippen molar-refractivity contribution in [3.63, 3.8) is 0 Å². The van der Waals surface area contributed by atoms with Crippen molar-refractivity contribution < 1.29 is 14.3 Å². The molecule has 6 nitrogen and oxygen atoms in total. The average Bonchev–Trinajstić information content (AvgIpc) is 2.73. The second kappa shape index (κ2) is 8.81. The fourth-order valence-electron chi connectivity index (χ4n) is 2.64. The van der Waals surface area contributed by atoms with Crippen LogP contribution in [0.25, 0.3) is 0 Å². The first-order valence-electron chi connectivity index (χ1n) is 8.88. The van der Waals surface area contributed by atoms with Crippen LogP contribution >= 0.6 is 0 Å². The van der Waals surface area contributed by atoms with E-state index < -0.39 is 5.91 Å². The molecule has 0 saturated carbocycles. The Hall–Kier alpha value is -3.67. The van der Waals surface area contributed by atoms with Gasteiger partial charge in [0.25, 0.3) is 11.8 Å². The highest BCUT2D eigenvalue weighted by Gasteiger charge is 2.12. The number of hydrogen-bond donors (Lipinski definition) is 2. The number of hydrazine groups is 1. The number of nitrogens with one attached hydrogen (secondary N) is 2. The molecular weight excluding hydrogens is 354 g/mol. The monoisotopic (exact) mass is 375 g/mol. The van der Waals surface area contributed by atoms with Gasteiger partial charge in [0.15, 0.2) is 0 Å². The highest BCUT2D eigenvalue weighted by atomic mass is 16.5. The fraction of sp³-hybridized carbons (Fsp3) is 0.136. The topological polar surface area (TPSA) is 80.3 Å². The van der Waals surface area contributed by atoms with Crippen molar-refractivity contribution in [3.05, 3.63) is 95.2 Å². The van der Waals surface area contributed by atoms with Gasteiger partial charge in [-0.3, -0.25) is 20.4 Å². The normalized spacial score (nSPS) is 11.4. The molecule has 2 amide bonds. The van der Waals surface area contributed by atoms with Crippen LogP contribution in [0.4, 0.5) is 0 Å². The Morgan fingerprint density at radius 1 is 0.893 bits per heavy atom.